The SMILES string of the molecule is Cc1ccc(Cl)c(OCC(=O)N(C)Cc2ccccc2C)c1. The number of amides is 1. The van der Waals surface area contributed by atoms with Gasteiger partial charge < -0.3 is 9.64 Å². The molecule has 0 unspecified atom stereocenters. The first-order valence-electron chi connectivity index (χ1n) is 7.15. The Bertz CT molecular complexity index is 670. The van der Waals surface area contributed by atoms with E-state index in [0.29, 0.717) is 17.3 Å². The summed E-state index contributed by atoms with van der Waals surface area (Å²) in [5, 5.41) is 0.514. The first-order valence-corrected chi connectivity index (χ1v) is 7.52. The van der Waals surface area contributed by atoms with E-state index in [1.165, 1.54) is 5.56 Å². The van der Waals surface area contributed by atoms with E-state index in [9.17, 15) is 4.79 Å². The van der Waals surface area contributed by atoms with E-state index in [1.54, 1.807) is 18.0 Å². The lowest BCUT2D eigenvalue weighted by Gasteiger charge is -2.19. The smallest absolute Gasteiger partial charge is 0.260 e. The van der Waals surface area contributed by atoms with Crippen molar-refractivity contribution in [2.24, 2.45) is 0 Å². The number of hydrogen-bond donors (Lipinski definition) is 0. The standard InChI is InChI=1S/C18H20ClNO2/c1-13-8-9-16(19)17(10-13)22-12-18(21)20(3)11-15-7-5-4-6-14(15)2/h4-10H,11-12H2,1-3H3. The van der Waals surface area contributed by atoms with Crippen molar-refractivity contribution in [2.75, 3.05) is 13.7 Å². The maximum absolute atomic E-state index is 12.2. The van der Waals surface area contributed by atoms with Crippen LogP contribution in [0, 0.1) is 13.8 Å². The maximum atomic E-state index is 12.2. The molecule has 0 aromatic heterocycles. The molecule has 3 nitrogen and oxygen atoms in total. The van der Waals surface area contributed by atoms with E-state index in [2.05, 4.69) is 0 Å². The minimum absolute atomic E-state index is 0.0223. The zero-order chi connectivity index (χ0) is 16.1. The van der Waals surface area contributed by atoms with Crippen molar-refractivity contribution in [1.82, 2.24) is 4.90 Å². The van der Waals surface area contributed by atoms with Crippen molar-refractivity contribution >= 4 is 17.5 Å². The van der Waals surface area contributed by atoms with E-state index >= 15 is 0 Å². The summed E-state index contributed by atoms with van der Waals surface area (Å²) in [4.78, 5) is 13.8. The van der Waals surface area contributed by atoms with Crippen molar-refractivity contribution in [3.63, 3.8) is 0 Å². The van der Waals surface area contributed by atoms with Crippen molar-refractivity contribution in [3.05, 3.63) is 64.2 Å². The Hall–Kier alpha value is -2.00. The lowest BCUT2D eigenvalue weighted by molar-refractivity contribution is -0.132. The van der Waals surface area contributed by atoms with Gasteiger partial charge >= 0.3 is 0 Å². The third-order valence-corrected chi connectivity index (χ3v) is 3.84. The van der Waals surface area contributed by atoms with E-state index in [1.807, 2.05) is 50.2 Å². The minimum Gasteiger partial charge on any atom is -0.482 e. The van der Waals surface area contributed by atoms with Crippen LogP contribution in [0.1, 0.15) is 16.7 Å². The summed E-state index contributed by atoms with van der Waals surface area (Å²) in [5.41, 5.74) is 3.34. The Balaban J connectivity index is 1.94. The molecule has 0 saturated heterocycles. The van der Waals surface area contributed by atoms with Gasteiger partial charge in [0.15, 0.2) is 6.61 Å². The summed E-state index contributed by atoms with van der Waals surface area (Å²) in [6, 6.07) is 13.5. The molecule has 0 radical (unpaired) electrons. The topological polar surface area (TPSA) is 29.5 Å². The highest BCUT2D eigenvalue weighted by atomic mass is 35.5. The molecule has 0 aliphatic heterocycles. The molecule has 0 atom stereocenters. The summed E-state index contributed by atoms with van der Waals surface area (Å²) in [6.07, 6.45) is 0. The molecule has 0 bridgehead atoms. The highest BCUT2D eigenvalue weighted by Crippen LogP contribution is 2.25. The number of rotatable bonds is 5. The van der Waals surface area contributed by atoms with E-state index in [0.717, 1.165) is 11.1 Å². The van der Waals surface area contributed by atoms with Gasteiger partial charge in [0.25, 0.3) is 5.91 Å². The lowest BCUT2D eigenvalue weighted by atomic mass is 10.1. The van der Waals surface area contributed by atoms with Crippen LogP contribution in [0.25, 0.3) is 0 Å². The van der Waals surface area contributed by atoms with Crippen molar-refractivity contribution in [1.29, 1.82) is 0 Å². The van der Waals surface area contributed by atoms with Crippen LogP contribution in [-0.4, -0.2) is 24.5 Å². The number of ether oxygens (including phenoxy) is 1. The zero-order valence-electron chi connectivity index (χ0n) is 13.1. The molecule has 0 fully saturated rings. The first kappa shape index (κ1) is 16.4. The largest absolute Gasteiger partial charge is 0.482 e. The molecule has 2 aromatic rings. The Morgan fingerprint density at radius 1 is 1.18 bits per heavy atom. The van der Waals surface area contributed by atoms with Gasteiger partial charge in [0, 0.05) is 13.6 Å². The average molecular weight is 318 g/mol. The lowest BCUT2D eigenvalue weighted by Crippen LogP contribution is -2.31. The number of halogens is 1. The number of benzene rings is 2. The molecule has 0 aliphatic rings. The molecule has 0 N–H and O–H groups in total. The Labute approximate surface area is 136 Å². The van der Waals surface area contributed by atoms with Crippen LogP contribution in [0.5, 0.6) is 5.75 Å². The molecule has 0 heterocycles. The fraction of sp³-hybridized carbons (Fsp3) is 0.278. The fourth-order valence-electron chi connectivity index (χ4n) is 2.10. The second-order valence-electron chi connectivity index (χ2n) is 5.40. The van der Waals surface area contributed by atoms with Gasteiger partial charge in [-0.25, -0.2) is 0 Å². The normalized spacial score (nSPS) is 10.4. The predicted molar refractivity (Wildman–Crippen MR) is 89.3 cm³/mol. The number of hydrogen-bond acceptors (Lipinski definition) is 2. The van der Waals surface area contributed by atoms with Crippen LogP contribution < -0.4 is 4.74 Å². The molecule has 2 rings (SSSR count). The molecule has 4 heteroatoms. The first-order chi connectivity index (χ1) is 10.5. The number of carbonyl (C=O) groups is 1. The van der Waals surface area contributed by atoms with Crippen LogP contribution >= 0.6 is 11.6 Å². The van der Waals surface area contributed by atoms with Crippen LogP contribution in [0.2, 0.25) is 5.02 Å². The molecule has 22 heavy (non-hydrogen) atoms. The summed E-state index contributed by atoms with van der Waals surface area (Å²) in [6.45, 7) is 4.54. The number of nitrogens with zero attached hydrogens (tertiary/aromatic N) is 1. The van der Waals surface area contributed by atoms with Crippen LogP contribution in [0.4, 0.5) is 0 Å². The van der Waals surface area contributed by atoms with Crippen LogP contribution in [0.15, 0.2) is 42.5 Å². The molecule has 0 spiro atoms. The summed E-state index contributed by atoms with van der Waals surface area (Å²) < 4.78 is 5.55. The predicted octanol–water partition coefficient (Wildman–Crippen LogP) is 3.99. The second kappa shape index (κ2) is 7.32. The van der Waals surface area contributed by atoms with E-state index < -0.39 is 0 Å². The van der Waals surface area contributed by atoms with Gasteiger partial charge in [-0.3, -0.25) is 4.79 Å². The Morgan fingerprint density at radius 2 is 1.91 bits per heavy atom. The van der Waals surface area contributed by atoms with Gasteiger partial charge in [-0.15, -0.1) is 0 Å². The summed E-state index contributed by atoms with van der Waals surface area (Å²) in [7, 11) is 1.77. The van der Waals surface area contributed by atoms with Gasteiger partial charge in [-0.2, -0.15) is 0 Å². The van der Waals surface area contributed by atoms with E-state index in [4.69, 9.17) is 16.3 Å². The third-order valence-electron chi connectivity index (χ3n) is 3.53. The molecular weight excluding hydrogens is 298 g/mol. The quantitative estimate of drug-likeness (QED) is 0.834. The second-order valence-corrected chi connectivity index (χ2v) is 5.81. The molecule has 2 aromatic carbocycles. The van der Waals surface area contributed by atoms with Gasteiger partial charge in [0.05, 0.1) is 5.02 Å². The molecule has 0 saturated carbocycles. The van der Waals surface area contributed by atoms with Crippen molar-refractivity contribution in [3.8, 4) is 5.75 Å². The van der Waals surface area contributed by atoms with Gasteiger partial charge in [0.1, 0.15) is 5.75 Å². The average Bonchev–Trinajstić information content (AvgIpc) is 2.50. The van der Waals surface area contributed by atoms with Crippen molar-refractivity contribution < 1.29 is 9.53 Å². The summed E-state index contributed by atoms with van der Waals surface area (Å²) >= 11 is 6.06. The summed E-state index contributed by atoms with van der Waals surface area (Å²) in [5.74, 6) is 0.458. The van der Waals surface area contributed by atoms with Crippen LogP contribution in [-0.2, 0) is 11.3 Å². The Kier molecular flexibility index (Phi) is 5.45. The molecular formula is C18H20ClNO2. The number of carbonyl (C=O) groups excluding carboxylic acids is 1. The Morgan fingerprint density at radius 3 is 2.64 bits per heavy atom. The minimum atomic E-state index is -0.0826. The molecule has 116 valence electrons. The van der Waals surface area contributed by atoms with Gasteiger partial charge in [0.2, 0.25) is 0 Å². The van der Waals surface area contributed by atoms with Gasteiger partial charge in [-0.05, 0) is 42.7 Å². The fourth-order valence-corrected chi connectivity index (χ4v) is 2.27. The third kappa shape index (κ3) is 4.25. The monoisotopic (exact) mass is 317 g/mol. The maximum Gasteiger partial charge on any atom is 0.260 e. The van der Waals surface area contributed by atoms with Gasteiger partial charge in [-0.1, -0.05) is 41.9 Å². The van der Waals surface area contributed by atoms with Crippen LogP contribution in [0.3, 0.4) is 0 Å². The molecule has 0 aliphatic carbocycles. The number of aryl methyl sites for hydroxylation is 2. The zero-order valence-corrected chi connectivity index (χ0v) is 13.9. The highest BCUT2D eigenvalue weighted by Gasteiger charge is 2.12. The number of likely N-dealkylation sites (N-methyl/N-ethyl adjacent to an activating group) is 1. The highest BCUT2D eigenvalue weighted by molar-refractivity contribution is 6.32. The van der Waals surface area contributed by atoms with E-state index in [-0.39, 0.29) is 12.5 Å². The molecule has 1 amide bonds. The van der Waals surface area contributed by atoms with Crippen molar-refractivity contribution in [2.45, 2.75) is 20.4 Å².